The van der Waals surface area contributed by atoms with Crippen LogP contribution in [0.15, 0.2) is 64.8 Å². The van der Waals surface area contributed by atoms with E-state index in [0.717, 1.165) is 11.3 Å². The van der Waals surface area contributed by atoms with E-state index in [1.54, 1.807) is 26.4 Å². The third-order valence-electron chi connectivity index (χ3n) is 5.08. The summed E-state index contributed by atoms with van der Waals surface area (Å²) in [5.41, 5.74) is 2.37. The number of allylic oxidation sites excluding steroid dienone is 1. The van der Waals surface area contributed by atoms with Gasteiger partial charge in [0.1, 0.15) is 17.4 Å². The van der Waals surface area contributed by atoms with E-state index < -0.39 is 11.8 Å². The van der Waals surface area contributed by atoms with Crippen LogP contribution >= 0.6 is 11.8 Å². The molecule has 2 unspecified atom stereocenters. The number of benzene rings is 2. The van der Waals surface area contributed by atoms with Gasteiger partial charge in [-0.2, -0.15) is 5.26 Å². The molecule has 2 aromatic carbocycles. The lowest BCUT2D eigenvalue weighted by atomic mass is 9.78. The third kappa shape index (κ3) is 4.59. The van der Waals surface area contributed by atoms with E-state index in [2.05, 4.69) is 16.4 Å². The Kier molecular flexibility index (Phi) is 7.37. The summed E-state index contributed by atoms with van der Waals surface area (Å²) in [7, 11) is 3.14. The lowest BCUT2D eigenvalue weighted by Gasteiger charge is -2.31. The fourth-order valence-electron chi connectivity index (χ4n) is 3.73. The topological polar surface area (TPSA) is 83.7 Å². The number of ether oxygens (including phenoxy) is 2. The molecule has 7 heteroatoms. The van der Waals surface area contributed by atoms with E-state index in [-0.39, 0.29) is 5.91 Å². The Morgan fingerprint density at radius 2 is 1.77 bits per heavy atom. The van der Waals surface area contributed by atoms with E-state index in [1.807, 2.05) is 50.2 Å². The van der Waals surface area contributed by atoms with Gasteiger partial charge in [0.05, 0.1) is 31.0 Å². The van der Waals surface area contributed by atoms with Gasteiger partial charge in [0, 0.05) is 22.8 Å². The number of methoxy groups -OCH3 is 2. The molecule has 1 aliphatic rings. The molecule has 0 bridgehead atoms. The molecule has 0 aliphatic carbocycles. The molecule has 3 rings (SSSR count). The van der Waals surface area contributed by atoms with Gasteiger partial charge in [0.2, 0.25) is 0 Å². The Labute approximate surface area is 187 Å². The van der Waals surface area contributed by atoms with Gasteiger partial charge in [-0.3, -0.25) is 4.79 Å². The molecule has 0 saturated heterocycles. The standard InChI is InChI=1S/C24H25N3O3S/c1-5-31-24-17(14-25)22(16-10-6-8-12-19(16)29-3)21(15(2)26-24)23(28)27-18-11-7-9-13-20(18)30-4/h6-13,17,22H,5H2,1-4H3,(H,27,28). The number of carbonyl (C=O) groups is 1. The van der Waals surface area contributed by atoms with Crippen LogP contribution in [0.4, 0.5) is 5.69 Å². The molecule has 0 spiro atoms. The first-order valence-electron chi connectivity index (χ1n) is 9.94. The molecule has 6 nitrogen and oxygen atoms in total. The van der Waals surface area contributed by atoms with Crippen LogP contribution in [0.2, 0.25) is 0 Å². The van der Waals surface area contributed by atoms with E-state index in [1.165, 1.54) is 11.8 Å². The summed E-state index contributed by atoms with van der Waals surface area (Å²) in [5.74, 6) is 0.548. The molecular weight excluding hydrogens is 410 g/mol. The fraction of sp³-hybridized carbons (Fsp3) is 0.292. The Bertz CT molecular complexity index is 1070. The van der Waals surface area contributed by atoms with Gasteiger partial charge < -0.3 is 14.8 Å². The van der Waals surface area contributed by atoms with Gasteiger partial charge >= 0.3 is 0 Å². The zero-order valence-electron chi connectivity index (χ0n) is 18.0. The molecule has 1 N–H and O–H groups in total. The Morgan fingerprint density at radius 3 is 2.42 bits per heavy atom. The molecule has 1 amide bonds. The quantitative estimate of drug-likeness (QED) is 0.690. The average molecular weight is 436 g/mol. The van der Waals surface area contributed by atoms with Crippen molar-refractivity contribution < 1.29 is 14.3 Å². The molecule has 1 aliphatic heterocycles. The zero-order chi connectivity index (χ0) is 22.4. The van der Waals surface area contributed by atoms with Gasteiger partial charge in [-0.05, 0) is 30.9 Å². The lowest BCUT2D eigenvalue weighted by molar-refractivity contribution is -0.113. The van der Waals surface area contributed by atoms with E-state index in [9.17, 15) is 10.1 Å². The number of carbonyl (C=O) groups excluding carboxylic acids is 1. The highest BCUT2D eigenvalue weighted by atomic mass is 32.2. The summed E-state index contributed by atoms with van der Waals surface area (Å²) in [4.78, 5) is 18.2. The molecule has 160 valence electrons. The lowest BCUT2D eigenvalue weighted by Crippen LogP contribution is -2.31. The summed E-state index contributed by atoms with van der Waals surface area (Å²) in [6, 6.07) is 17.1. The van der Waals surface area contributed by atoms with Crippen molar-refractivity contribution in [3.05, 3.63) is 65.4 Å². The van der Waals surface area contributed by atoms with Crippen LogP contribution < -0.4 is 14.8 Å². The van der Waals surface area contributed by atoms with Gasteiger partial charge in [0.15, 0.2) is 0 Å². The Morgan fingerprint density at radius 1 is 1.13 bits per heavy atom. The van der Waals surface area contributed by atoms with Crippen molar-refractivity contribution in [2.45, 2.75) is 19.8 Å². The summed E-state index contributed by atoms with van der Waals surface area (Å²) >= 11 is 1.53. The largest absolute Gasteiger partial charge is 0.496 e. The maximum atomic E-state index is 13.5. The average Bonchev–Trinajstić information content (AvgIpc) is 2.79. The molecule has 0 saturated carbocycles. The summed E-state index contributed by atoms with van der Waals surface area (Å²) in [5, 5.41) is 13.7. The number of nitriles is 1. The normalized spacial score (nSPS) is 18.1. The summed E-state index contributed by atoms with van der Waals surface area (Å²) in [6.45, 7) is 3.83. The molecular formula is C24H25N3O3S. The summed E-state index contributed by atoms with van der Waals surface area (Å²) < 4.78 is 10.9. The summed E-state index contributed by atoms with van der Waals surface area (Å²) in [6.07, 6.45) is 0. The first-order chi connectivity index (χ1) is 15.0. The first kappa shape index (κ1) is 22.4. The number of amides is 1. The number of hydrogen-bond donors (Lipinski definition) is 1. The number of hydrogen-bond acceptors (Lipinski definition) is 6. The number of nitrogens with zero attached hydrogens (tertiary/aromatic N) is 2. The highest BCUT2D eigenvalue weighted by molar-refractivity contribution is 8.14. The van der Waals surface area contributed by atoms with Gasteiger partial charge in [-0.25, -0.2) is 4.99 Å². The van der Waals surface area contributed by atoms with Crippen LogP contribution in [0.25, 0.3) is 0 Å². The maximum absolute atomic E-state index is 13.5. The first-order valence-corrected chi connectivity index (χ1v) is 10.9. The van der Waals surface area contributed by atoms with Crippen LogP contribution in [0, 0.1) is 17.2 Å². The predicted octanol–water partition coefficient (Wildman–Crippen LogP) is 5.01. The molecule has 0 fully saturated rings. The Hall–Kier alpha value is -3.24. The number of anilines is 1. The second-order valence-corrected chi connectivity index (χ2v) is 8.15. The smallest absolute Gasteiger partial charge is 0.254 e. The molecule has 2 atom stereocenters. The monoisotopic (exact) mass is 435 g/mol. The van der Waals surface area contributed by atoms with Crippen LogP contribution in [-0.4, -0.2) is 30.9 Å². The second kappa shape index (κ2) is 10.2. The van der Waals surface area contributed by atoms with Crippen LogP contribution in [0.5, 0.6) is 11.5 Å². The highest BCUT2D eigenvalue weighted by Crippen LogP contribution is 2.44. The van der Waals surface area contributed by atoms with Crippen LogP contribution in [0.3, 0.4) is 0 Å². The minimum absolute atomic E-state index is 0.317. The highest BCUT2D eigenvalue weighted by Gasteiger charge is 2.40. The van der Waals surface area contributed by atoms with Crippen molar-refractivity contribution in [3.63, 3.8) is 0 Å². The van der Waals surface area contributed by atoms with Crippen LogP contribution in [0.1, 0.15) is 25.3 Å². The minimum atomic E-state index is -0.594. The SMILES string of the molecule is CCSC1=NC(C)=C(C(=O)Nc2ccccc2OC)C(c2ccccc2OC)C1C#N. The molecule has 0 aromatic heterocycles. The number of aliphatic imine (C=N–C) groups is 1. The third-order valence-corrected chi connectivity index (χ3v) is 6.01. The molecule has 1 heterocycles. The second-order valence-electron chi connectivity index (χ2n) is 6.86. The number of para-hydroxylation sites is 3. The Balaban J connectivity index is 2.14. The van der Waals surface area contributed by atoms with Crippen molar-refractivity contribution in [2.24, 2.45) is 10.9 Å². The van der Waals surface area contributed by atoms with Crippen molar-refractivity contribution in [3.8, 4) is 17.6 Å². The van der Waals surface area contributed by atoms with Crippen molar-refractivity contribution in [2.75, 3.05) is 25.3 Å². The minimum Gasteiger partial charge on any atom is -0.496 e. The van der Waals surface area contributed by atoms with Gasteiger partial charge in [-0.1, -0.05) is 37.3 Å². The van der Waals surface area contributed by atoms with Crippen molar-refractivity contribution in [1.82, 2.24) is 0 Å². The maximum Gasteiger partial charge on any atom is 0.254 e. The molecule has 31 heavy (non-hydrogen) atoms. The van der Waals surface area contributed by atoms with Crippen molar-refractivity contribution >= 4 is 28.4 Å². The van der Waals surface area contributed by atoms with Crippen LogP contribution in [-0.2, 0) is 4.79 Å². The number of rotatable bonds is 6. The number of thioether (sulfide) groups is 1. The van der Waals surface area contributed by atoms with E-state index >= 15 is 0 Å². The fourth-order valence-corrected chi connectivity index (χ4v) is 4.60. The van der Waals surface area contributed by atoms with Gasteiger partial charge in [-0.15, -0.1) is 11.8 Å². The van der Waals surface area contributed by atoms with Crippen molar-refractivity contribution in [1.29, 1.82) is 5.26 Å². The zero-order valence-corrected chi connectivity index (χ0v) is 18.8. The van der Waals surface area contributed by atoms with E-state index in [4.69, 9.17) is 9.47 Å². The molecule has 0 radical (unpaired) electrons. The predicted molar refractivity (Wildman–Crippen MR) is 125 cm³/mol. The van der Waals surface area contributed by atoms with Gasteiger partial charge in [0.25, 0.3) is 5.91 Å². The molecule has 2 aromatic rings. The van der Waals surface area contributed by atoms with E-state index in [0.29, 0.717) is 33.5 Å². The number of nitrogens with one attached hydrogen (secondary N) is 1.